The van der Waals surface area contributed by atoms with Gasteiger partial charge in [0.2, 0.25) is 0 Å². The highest BCUT2D eigenvalue weighted by molar-refractivity contribution is 5.81. The Morgan fingerprint density at radius 2 is 2.00 bits per heavy atom. The minimum Gasteiger partial charge on any atom is -0.493 e. The molecule has 21 heavy (non-hydrogen) atoms. The van der Waals surface area contributed by atoms with E-state index in [1.54, 1.807) is 27.2 Å². The lowest BCUT2D eigenvalue weighted by Crippen LogP contribution is -2.18. The first-order chi connectivity index (χ1) is 10.1. The molecule has 1 unspecified atom stereocenters. The van der Waals surface area contributed by atoms with Crippen LogP contribution >= 0.6 is 0 Å². The van der Waals surface area contributed by atoms with Crippen molar-refractivity contribution in [2.24, 2.45) is 0 Å². The quantitative estimate of drug-likeness (QED) is 0.589. The first kappa shape index (κ1) is 17.0. The molecule has 0 saturated heterocycles. The van der Waals surface area contributed by atoms with Gasteiger partial charge in [0.1, 0.15) is 0 Å². The number of hydrogen-bond acceptors (Lipinski definition) is 5. The standard InChI is InChI=1S/C16H23NO4/c1-5-21-16(18)7-6-10-17-12(2)13-8-9-14(19-3)15(11-13)20-4/h6-9,11-12,17H,5,10H2,1-4H3/b7-6+. The molecule has 0 heterocycles. The average molecular weight is 293 g/mol. The number of ether oxygens (including phenoxy) is 3. The molecule has 1 atom stereocenters. The van der Waals surface area contributed by atoms with E-state index in [4.69, 9.17) is 14.2 Å². The first-order valence-corrected chi connectivity index (χ1v) is 6.91. The molecule has 1 aromatic carbocycles. The van der Waals surface area contributed by atoms with Crippen LogP contribution in [-0.2, 0) is 9.53 Å². The van der Waals surface area contributed by atoms with E-state index in [0.717, 1.165) is 5.56 Å². The third kappa shape index (κ3) is 5.47. The molecule has 0 saturated carbocycles. The number of hydrogen-bond donors (Lipinski definition) is 1. The minimum absolute atomic E-state index is 0.122. The highest BCUT2D eigenvalue weighted by atomic mass is 16.5. The van der Waals surface area contributed by atoms with Crippen LogP contribution in [0.3, 0.4) is 0 Å². The van der Waals surface area contributed by atoms with E-state index >= 15 is 0 Å². The lowest BCUT2D eigenvalue weighted by atomic mass is 10.1. The second kappa shape index (κ2) is 9.02. The van der Waals surface area contributed by atoms with Gasteiger partial charge in [-0.15, -0.1) is 0 Å². The molecule has 1 aromatic rings. The van der Waals surface area contributed by atoms with Crippen LogP contribution in [0.4, 0.5) is 0 Å². The minimum atomic E-state index is -0.321. The van der Waals surface area contributed by atoms with Gasteiger partial charge < -0.3 is 19.5 Å². The lowest BCUT2D eigenvalue weighted by molar-refractivity contribution is -0.137. The molecule has 1 N–H and O–H groups in total. The first-order valence-electron chi connectivity index (χ1n) is 6.91. The summed E-state index contributed by atoms with van der Waals surface area (Å²) < 4.78 is 15.3. The average Bonchev–Trinajstić information content (AvgIpc) is 2.50. The fraction of sp³-hybridized carbons (Fsp3) is 0.438. The van der Waals surface area contributed by atoms with Crippen molar-refractivity contribution in [2.75, 3.05) is 27.4 Å². The van der Waals surface area contributed by atoms with Crippen molar-refractivity contribution in [1.29, 1.82) is 0 Å². The van der Waals surface area contributed by atoms with E-state index in [1.165, 1.54) is 6.08 Å². The van der Waals surface area contributed by atoms with Gasteiger partial charge in [0.25, 0.3) is 0 Å². The van der Waals surface area contributed by atoms with Crippen molar-refractivity contribution < 1.29 is 19.0 Å². The molecule has 0 aliphatic rings. The number of esters is 1. The summed E-state index contributed by atoms with van der Waals surface area (Å²) in [5, 5.41) is 3.29. The van der Waals surface area contributed by atoms with E-state index < -0.39 is 0 Å². The molecular formula is C16H23NO4. The van der Waals surface area contributed by atoms with Crippen LogP contribution in [0.2, 0.25) is 0 Å². The van der Waals surface area contributed by atoms with Crippen molar-refractivity contribution in [1.82, 2.24) is 5.32 Å². The van der Waals surface area contributed by atoms with Crippen molar-refractivity contribution in [3.8, 4) is 11.5 Å². The topological polar surface area (TPSA) is 56.8 Å². The van der Waals surface area contributed by atoms with Gasteiger partial charge in [-0.05, 0) is 31.5 Å². The van der Waals surface area contributed by atoms with Crippen molar-refractivity contribution in [3.63, 3.8) is 0 Å². The van der Waals surface area contributed by atoms with Gasteiger partial charge in [-0.25, -0.2) is 4.79 Å². The lowest BCUT2D eigenvalue weighted by Gasteiger charge is -2.15. The highest BCUT2D eigenvalue weighted by Crippen LogP contribution is 2.29. The molecule has 0 radical (unpaired) electrons. The molecule has 0 spiro atoms. The van der Waals surface area contributed by atoms with Crippen LogP contribution in [0, 0.1) is 0 Å². The van der Waals surface area contributed by atoms with E-state index in [9.17, 15) is 4.79 Å². The van der Waals surface area contributed by atoms with Gasteiger partial charge in [-0.3, -0.25) is 0 Å². The molecule has 116 valence electrons. The van der Waals surface area contributed by atoms with Gasteiger partial charge in [0.15, 0.2) is 11.5 Å². The summed E-state index contributed by atoms with van der Waals surface area (Å²) in [5.74, 6) is 1.08. The van der Waals surface area contributed by atoms with Crippen molar-refractivity contribution >= 4 is 5.97 Å². The molecular weight excluding hydrogens is 270 g/mol. The Kier molecular flexibility index (Phi) is 7.32. The Labute approximate surface area is 125 Å². The smallest absolute Gasteiger partial charge is 0.330 e. The molecule has 5 nitrogen and oxygen atoms in total. The largest absolute Gasteiger partial charge is 0.493 e. The summed E-state index contributed by atoms with van der Waals surface area (Å²) in [6.07, 6.45) is 3.17. The van der Waals surface area contributed by atoms with Gasteiger partial charge in [0, 0.05) is 18.7 Å². The van der Waals surface area contributed by atoms with E-state index in [1.807, 2.05) is 25.1 Å². The number of carbonyl (C=O) groups excluding carboxylic acids is 1. The third-order valence-corrected chi connectivity index (χ3v) is 2.99. The van der Waals surface area contributed by atoms with E-state index in [2.05, 4.69) is 5.32 Å². The molecule has 5 heteroatoms. The predicted molar refractivity (Wildman–Crippen MR) is 81.7 cm³/mol. The number of rotatable bonds is 8. The number of nitrogens with one attached hydrogen (secondary N) is 1. The molecule has 0 aliphatic carbocycles. The second-order valence-electron chi connectivity index (χ2n) is 4.40. The maximum absolute atomic E-state index is 11.1. The summed E-state index contributed by atoms with van der Waals surface area (Å²) in [6.45, 7) is 4.79. The SMILES string of the molecule is CCOC(=O)/C=C/CNC(C)c1ccc(OC)c(OC)c1. The zero-order valence-electron chi connectivity index (χ0n) is 13.0. The zero-order chi connectivity index (χ0) is 15.7. The maximum atomic E-state index is 11.1. The van der Waals surface area contributed by atoms with E-state index in [-0.39, 0.29) is 12.0 Å². The summed E-state index contributed by atoms with van der Waals surface area (Å²) in [5.41, 5.74) is 1.08. The Morgan fingerprint density at radius 1 is 1.29 bits per heavy atom. The number of benzene rings is 1. The van der Waals surface area contributed by atoms with Crippen LogP contribution in [0.5, 0.6) is 11.5 Å². The Morgan fingerprint density at radius 3 is 2.62 bits per heavy atom. The fourth-order valence-electron chi connectivity index (χ4n) is 1.83. The van der Waals surface area contributed by atoms with Crippen LogP contribution in [0.15, 0.2) is 30.4 Å². The Bertz CT molecular complexity index is 485. The monoisotopic (exact) mass is 293 g/mol. The highest BCUT2D eigenvalue weighted by Gasteiger charge is 2.09. The molecule has 1 rings (SSSR count). The normalized spacial score (nSPS) is 12.2. The molecule has 0 aliphatic heterocycles. The second-order valence-corrected chi connectivity index (χ2v) is 4.40. The van der Waals surface area contributed by atoms with Gasteiger partial charge in [-0.2, -0.15) is 0 Å². The molecule has 0 amide bonds. The van der Waals surface area contributed by atoms with Crippen LogP contribution in [-0.4, -0.2) is 33.3 Å². The van der Waals surface area contributed by atoms with Gasteiger partial charge >= 0.3 is 5.97 Å². The predicted octanol–water partition coefficient (Wildman–Crippen LogP) is 2.47. The van der Waals surface area contributed by atoms with Crippen molar-refractivity contribution in [3.05, 3.63) is 35.9 Å². The van der Waals surface area contributed by atoms with Crippen LogP contribution in [0.25, 0.3) is 0 Å². The van der Waals surface area contributed by atoms with Gasteiger partial charge in [-0.1, -0.05) is 12.1 Å². The molecule has 0 fully saturated rings. The molecule has 0 bridgehead atoms. The number of methoxy groups -OCH3 is 2. The summed E-state index contributed by atoms with van der Waals surface area (Å²) in [4.78, 5) is 11.1. The van der Waals surface area contributed by atoms with Crippen LogP contribution in [0.1, 0.15) is 25.5 Å². The zero-order valence-corrected chi connectivity index (χ0v) is 13.0. The van der Waals surface area contributed by atoms with E-state index in [0.29, 0.717) is 24.7 Å². The third-order valence-electron chi connectivity index (χ3n) is 2.99. The summed E-state index contributed by atoms with van der Waals surface area (Å²) in [7, 11) is 3.22. The van der Waals surface area contributed by atoms with Crippen molar-refractivity contribution in [2.45, 2.75) is 19.9 Å². The number of carbonyl (C=O) groups is 1. The maximum Gasteiger partial charge on any atom is 0.330 e. The Balaban J connectivity index is 2.56. The van der Waals surface area contributed by atoms with Gasteiger partial charge in [0.05, 0.1) is 20.8 Å². The fourth-order valence-corrected chi connectivity index (χ4v) is 1.83. The summed E-state index contributed by atoms with van der Waals surface area (Å²) in [6, 6.07) is 5.91. The summed E-state index contributed by atoms with van der Waals surface area (Å²) >= 11 is 0. The molecule has 0 aromatic heterocycles. The Hall–Kier alpha value is -2.01. The van der Waals surface area contributed by atoms with Crippen LogP contribution < -0.4 is 14.8 Å².